The number of nitrogens with zero attached hydrogens (tertiary/aromatic N) is 1. The molecule has 0 aliphatic heterocycles. The maximum Gasteiger partial charge on any atom is 0.0642 e. The van der Waals surface area contributed by atoms with Crippen LogP contribution in [-0.2, 0) is 6.54 Å². The Morgan fingerprint density at radius 3 is 2.55 bits per heavy atom. The summed E-state index contributed by atoms with van der Waals surface area (Å²) in [6, 6.07) is 14.6. The zero-order chi connectivity index (χ0) is 14.7. The quantitative estimate of drug-likeness (QED) is 0.908. The van der Waals surface area contributed by atoms with E-state index in [0.29, 0.717) is 0 Å². The van der Waals surface area contributed by atoms with E-state index in [-0.39, 0.29) is 6.04 Å². The molecule has 2 aromatic rings. The van der Waals surface area contributed by atoms with Crippen molar-refractivity contribution >= 4 is 17.3 Å². The number of benzene rings is 2. The van der Waals surface area contributed by atoms with Gasteiger partial charge in [0.2, 0.25) is 0 Å². The Hall–Kier alpha value is -1.51. The number of halogens is 1. The van der Waals surface area contributed by atoms with E-state index < -0.39 is 0 Å². The van der Waals surface area contributed by atoms with Crippen LogP contribution in [0.5, 0.6) is 0 Å². The Kier molecular flexibility index (Phi) is 4.69. The van der Waals surface area contributed by atoms with Crippen LogP contribution >= 0.6 is 11.6 Å². The van der Waals surface area contributed by atoms with Crippen molar-refractivity contribution in [1.82, 2.24) is 0 Å². The monoisotopic (exact) mass is 288 g/mol. The average molecular weight is 289 g/mol. The largest absolute Gasteiger partial charge is 0.369 e. The van der Waals surface area contributed by atoms with E-state index in [1.165, 1.54) is 11.1 Å². The average Bonchev–Trinajstić information content (AvgIpc) is 2.38. The Morgan fingerprint density at radius 1 is 1.20 bits per heavy atom. The van der Waals surface area contributed by atoms with Crippen LogP contribution in [-0.4, -0.2) is 7.05 Å². The Balaban J connectivity index is 2.19. The van der Waals surface area contributed by atoms with Gasteiger partial charge in [0.25, 0.3) is 0 Å². The third kappa shape index (κ3) is 3.53. The topological polar surface area (TPSA) is 29.3 Å². The van der Waals surface area contributed by atoms with Gasteiger partial charge in [-0.2, -0.15) is 0 Å². The highest BCUT2D eigenvalue weighted by Crippen LogP contribution is 2.28. The summed E-state index contributed by atoms with van der Waals surface area (Å²) in [5.41, 5.74) is 10.5. The molecule has 0 spiro atoms. The van der Waals surface area contributed by atoms with Crippen LogP contribution < -0.4 is 10.6 Å². The molecule has 2 N–H and O–H groups in total. The second-order valence-corrected chi connectivity index (χ2v) is 5.75. The van der Waals surface area contributed by atoms with Gasteiger partial charge in [0.15, 0.2) is 0 Å². The lowest BCUT2D eigenvalue weighted by Crippen LogP contribution is -2.17. The van der Waals surface area contributed by atoms with Crippen molar-refractivity contribution in [1.29, 1.82) is 0 Å². The molecule has 0 aromatic heterocycles. The maximum absolute atomic E-state index is 6.37. The van der Waals surface area contributed by atoms with Gasteiger partial charge in [-0.05, 0) is 37.1 Å². The second kappa shape index (κ2) is 6.29. The number of nitrogens with two attached hydrogens (primary N) is 1. The number of anilines is 1. The predicted octanol–water partition coefficient (Wildman–Crippen LogP) is 4.30. The van der Waals surface area contributed by atoms with Gasteiger partial charge < -0.3 is 10.6 Å². The summed E-state index contributed by atoms with van der Waals surface area (Å²) in [6.45, 7) is 4.90. The van der Waals surface area contributed by atoms with Crippen molar-refractivity contribution < 1.29 is 0 Å². The van der Waals surface area contributed by atoms with Crippen LogP contribution in [0.4, 0.5) is 5.69 Å². The summed E-state index contributed by atoms with van der Waals surface area (Å²) in [6.07, 6.45) is 0. The van der Waals surface area contributed by atoms with E-state index in [2.05, 4.69) is 43.1 Å². The third-order valence-corrected chi connectivity index (χ3v) is 3.71. The molecule has 0 fully saturated rings. The number of hydrogen-bond acceptors (Lipinski definition) is 2. The molecule has 20 heavy (non-hydrogen) atoms. The van der Waals surface area contributed by atoms with Crippen molar-refractivity contribution in [2.45, 2.75) is 26.4 Å². The van der Waals surface area contributed by atoms with Gasteiger partial charge in [-0.3, -0.25) is 0 Å². The lowest BCUT2D eigenvalue weighted by molar-refractivity contribution is 0.817. The minimum atomic E-state index is 0.00336. The molecule has 0 saturated carbocycles. The summed E-state index contributed by atoms with van der Waals surface area (Å²) in [5, 5.41) is 0.745. The molecule has 0 aliphatic carbocycles. The fourth-order valence-corrected chi connectivity index (χ4v) is 2.62. The fraction of sp³-hybridized carbons (Fsp3) is 0.294. The van der Waals surface area contributed by atoms with Gasteiger partial charge in [-0.1, -0.05) is 47.5 Å². The molecular formula is C17H21ClN2. The lowest BCUT2D eigenvalue weighted by Gasteiger charge is -2.22. The highest BCUT2D eigenvalue weighted by atomic mass is 35.5. The number of hydrogen-bond donors (Lipinski definition) is 1. The van der Waals surface area contributed by atoms with Crippen molar-refractivity contribution in [3.05, 3.63) is 64.2 Å². The molecule has 1 atom stereocenters. The van der Waals surface area contributed by atoms with E-state index in [4.69, 9.17) is 17.3 Å². The third-order valence-electron chi connectivity index (χ3n) is 3.41. The molecule has 0 amide bonds. The van der Waals surface area contributed by atoms with E-state index in [1.807, 2.05) is 25.1 Å². The minimum absolute atomic E-state index is 0.00336. The van der Waals surface area contributed by atoms with Crippen LogP contribution in [0.3, 0.4) is 0 Å². The molecule has 2 rings (SSSR count). The van der Waals surface area contributed by atoms with Crippen LogP contribution in [0.25, 0.3) is 0 Å². The SMILES string of the molecule is Cc1cccc(CN(C)c2ccc([C@@H](C)N)cc2Cl)c1. The second-order valence-electron chi connectivity index (χ2n) is 5.34. The first kappa shape index (κ1) is 14.9. The Morgan fingerprint density at radius 2 is 1.95 bits per heavy atom. The van der Waals surface area contributed by atoms with Crippen molar-refractivity contribution in [3.63, 3.8) is 0 Å². The zero-order valence-electron chi connectivity index (χ0n) is 12.2. The van der Waals surface area contributed by atoms with E-state index in [9.17, 15) is 0 Å². The highest BCUT2D eigenvalue weighted by Gasteiger charge is 2.09. The molecule has 0 radical (unpaired) electrons. The summed E-state index contributed by atoms with van der Waals surface area (Å²) in [4.78, 5) is 2.15. The molecular weight excluding hydrogens is 268 g/mol. The summed E-state index contributed by atoms with van der Waals surface area (Å²) < 4.78 is 0. The lowest BCUT2D eigenvalue weighted by atomic mass is 10.1. The highest BCUT2D eigenvalue weighted by molar-refractivity contribution is 6.33. The summed E-state index contributed by atoms with van der Waals surface area (Å²) in [5.74, 6) is 0. The molecule has 0 unspecified atom stereocenters. The Labute approximate surface area is 126 Å². The van der Waals surface area contributed by atoms with Crippen LogP contribution in [0.1, 0.15) is 29.7 Å². The van der Waals surface area contributed by atoms with Crippen molar-refractivity contribution in [2.24, 2.45) is 5.73 Å². The molecule has 0 heterocycles. The maximum atomic E-state index is 6.37. The van der Waals surface area contributed by atoms with E-state index >= 15 is 0 Å². The van der Waals surface area contributed by atoms with Crippen LogP contribution in [0.15, 0.2) is 42.5 Å². The van der Waals surface area contributed by atoms with E-state index in [0.717, 1.165) is 22.8 Å². The molecule has 106 valence electrons. The standard InChI is InChI=1S/C17H21ClN2/c1-12-5-4-6-14(9-12)11-20(3)17-8-7-15(13(2)19)10-16(17)18/h4-10,13H,11,19H2,1-3H3/t13-/m1/s1. The smallest absolute Gasteiger partial charge is 0.0642 e. The van der Waals surface area contributed by atoms with Gasteiger partial charge in [-0.15, -0.1) is 0 Å². The normalized spacial score (nSPS) is 12.2. The van der Waals surface area contributed by atoms with E-state index in [1.54, 1.807) is 0 Å². The summed E-state index contributed by atoms with van der Waals surface area (Å²) >= 11 is 6.37. The van der Waals surface area contributed by atoms with Gasteiger partial charge in [-0.25, -0.2) is 0 Å². The van der Waals surface area contributed by atoms with Gasteiger partial charge in [0.1, 0.15) is 0 Å². The zero-order valence-corrected chi connectivity index (χ0v) is 13.0. The molecule has 2 aromatic carbocycles. The number of aryl methyl sites for hydroxylation is 1. The first-order chi connectivity index (χ1) is 9.47. The van der Waals surface area contributed by atoms with Crippen molar-refractivity contribution in [2.75, 3.05) is 11.9 Å². The molecule has 2 nitrogen and oxygen atoms in total. The summed E-state index contributed by atoms with van der Waals surface area (Å²) in [7, 11) is 2.05. The van der Waals surface area contributed by atoms with Crippen LogP contribution in [0.2, 0.25) is 5.02 Å². The fourth-order valence-electron chi connectivity index (χ4n) is 2.29. The predicted molar refractivity (Wildman–Crippen MR) is 87.3 cm³/mol. The van der Waals surface area contributed by atoms with Crippen molar-refractivity contribution in [3.8, 4) is 0 Å². The Bertz CT molecular complexity index is 593. The van der Waals surface area contributed by atoms with Gasteiger partial charge >= 0.3 is 0 Å². The molecule has 0 aliphatic rings. The molecule has 3 heteroatoms. The molecule has 0 bridgehead atoms. The first-order valence-corrected chi connectivity index (χ1v) is 7.17. The van der Waals surface area contributed by atoms with Crippen LogP contribution in [0, 0.1) is 6.92 Å². The minimum Gasteiger partial charge on any atom is -0.369 e. The van der Waals surface area contributed by atoms with Gasteiger partial charge in [0, 0.05) is 19.6 Å². The number of rotatable bonds is 4. The van der Waals surface area contributed by atoms with Gasteiger partial charge in [0.05, 0.1) is 10.7 Å². The molecule has 0 saturated heterocycles. The first-order valence-electron chi connectivity index (χ1n) is 6.79.